The first-order chi connectivity index (χ1) is 10.1. The van der Waals surface area contributed by atoms with Crippen LogP contribution in [0, 0.1) is 17.8 Å². The Hall–Kier alpha value is -1.28. The van der Waals surface area contributed by atoms with Crippen LogP contribution >= 0.6 is 0 Å². The van der Waals surface area contributed by atoms with Crippen LogP contribution in [0.25, 0.3) is 10.9 Å². The Morgan fingerprint density at radius 1 is 1.14 bits per heavy atom. The monoisotopic (exact) mass is 282 g/mol. The molecular formula is C19H26N2. The van der Waals surface area contributed by atoms with E-state index in [9.17, 15) is 0 Å². The van der Waals surface area contributed by atoms with Gasteiger partial charge < -0.3 is 9.88 Å². The van der Waals surface area contributed by atoms with E-state index in [-0.39, 0.29) is 0 Å². The molecule has 0 spiro atoms. The first kappa shape index (κ1) is 13.4. The summed E-state index contributed by atoms with van der Waals surface area (Å²) in [7, 11) is 4.48. The van der Waals surface area contributed by atoms with Gasteiger partial charge in [-0.15, -0.1) is 0 Å². The summed E-state index contributed by atoms with van der Waals surface area (Å²) in [5.74, 6) is 3.45. The summed E-state index contributed by atoms with van der Waals surface area (Å²) in [6, 6.07) is 9.96. The van der Waals surface area contributed by atoms with Crippen LogP contribution in [0.4, 0.5) is 0 Å². The second-order valence-corrected chi connectivity index (χ2v) is 7.46. The van der Waals surface area contributed by atoms with Crippen LogP contribution in [0.3, 0.4) is 0 Å². The molecular weight excluding hydrogens is 256 g/mol. The van der Waals surface area contributed by atoms with E-state index in [2.05, 4.69) is 61.4 Å². The van der Waals surface area contributed by atoms with E-state index in [1.54, 1.807) is 5.56 Å². The van der Waals surface area contributed by atoms with Gasteiger partial charge in [0, 0.05) is 17.8 Å². The van der Waals surface area contributed by atoms with Gasteiger partial charge in [-0.1, -0.05) is 6.07 Å². The summed E-state index contributed by atoms with van der Waals surface area (Å²) in [6.07, 6.45) is 6.40. The number of hydrogen-bond acceptors (Lipinski definition) is 1. The van der Waals surface area contributed by atoms with Gasteiger partial charge in [0.1, 0.15) is 0 Å². The molecule has 1 aromatic carbocycles. The minimum Gasteiger partial charge on any atom is -0.361 e. The SMILES string of the molecule is CC(C1C2CCC(C2)C1c1ccc2[nH]ccc2c1)N(C)C. The quantitative estimate of drug-likeness (QED) is 0.891. The Bertz CT molecular complexity index is 642. The lowest BCUT2D eigenvalue weighted by atomic mass is 9.72. The van der Waals surface area contributed by atoms with Crippen molar-refractivity contribution in [1.82, 2.24) is 9.88 Å². The maximum absolute atomic E-state index is 3.32. The number of aromatic amines is 1. The zero-order chi connectivity index (χ0) is 14.6. The molecule has 2 fully saturated rings. The number of H-pyrrole nitrogens is 1. The molecule has 112 valence electrons. The Balaban J connectivity index is 1.73. The minimum atomic E-state index is 0.673. The molecule has 1 aromatic heterocycles. The summed E-state index contributed by atoms with van der Waals surface area (Å²) < 4.78 is 0. The predicted molar refractivity (Wildman–Crippen MR) is 88.5 cm³/mol. The molecule has 2 heteroatoms. The normalized spacial score (nSPS) is 33.1. The molecule has 5 unspecified atom stereocenters. The molecule has 2 aliphatic carbocycles. The topological polar surface area (TPSA) is 19.0 Å². The van der Waals surface area contributed by atoms with Crippen molar-refractivity contribution in [2.75, 3.05) is 14.1 Å². The molecule has 2 nitrogen and oxygen atoms in total. The molecule has 2 saturated carbocycles. The van der Waals surface area contributed by atoms with E-state index in [1.807, 2.05) is 0 Å². The molecule has 2 aromatic rings. The average Bonchev–Trinajstić information content (AvgIpc) is 3.19. The number of benzene rings is 1. The molecule has 0 saturated heterocycles. The minimum absolute atomic E-state index is 0.673. The first-order valence-corrected chi connectivity index (χ1v) is 8.38. The third kappa shape index (κ3) is 2.03. The highest BCUT2D eigenvalue weighted by atomic mass is 15.1. The lowest BCUT2D eigenvalue weighted by molar-refractivity contribution is 0.150. The van der Waals surface area contributed by atoms with Crippen LogP contribution in [-0.2, 0) is 0 Å². The maximum Gasteiger partial charge on any atom is 0.0454 e. The Morgan fingerprint density at radius 2 is 1.95 bits per heavy atom. The molecule has 0 radical (unpaired) electrons. The number of nitrogens with zero attached hydrogens (tertiary/aromatic N) is 1. The molecule has 0 amide bonds. The van der Waals surface area contributed by atoms with Gasteiger partial charge in [-0.2, -0.15) is 0 Å². The van der Waals surface area contributed by atoms with Crippen molar-refractivity contribution in [3.63, 3.8) is 0 Å². The van der Waals surface area contributed by atoms with Crippen molar-refractivity contribution < 1.29 is 0 Å². The van der Waals surface area contributed by atoms with Gasteiger partial charge in [-0.3, -0.25) is 0 Å². The van der Waals surface area contributed by atoms with Crippen molar-refractivity contribution in [3.8, 4) is 0 Å². The van der Waals surface area contributed by atoms with E-state index in [4.69, 9.17) is 0 Å². The highest BCUT2D eigenvalue weighted by Crippen LogP contribution is 2.58. The van der Waals surface area contributed by atoms with Gasteiger partial charge in [0.15, 0.2) is 0 Å². The van der Waals surface area contributed by atoms with Crippen LogP contribution in [0.2, 0.25) is 0 Å². The number of hydrogen-bond donors (Lipinski definition) is 1. The molecule has 0 aliphatic heterocycles. The van der Waals surface area contributed by atoms with Crippen LogP contribution in [-0.4, -0.2) is 30.0 Å². The summed E-state index contributed by atoms with van der Waals surface area (Å²) in [4.78, 5) is 5.74. The van der Waals surface area contributed by atoms with E-state index in [1.165, 1.54) is 30.2 Å². The molecule has 5 atom stereocenters. The third-order valence-corrected chi connectivity index (χ3v) is 6.31. The van der Waals surface area contributed by atoms with Crippen molar-refractivity contribution >= 4 is 10.9 Å². The van der Waals surface area contributed by atoms with E-state index in [0.717, 1.165) is 23.7 Å². The maximum atomic E-state index is 3.32. The highest BCUT2D eigenvalue weighted by molar-refractivity contribution is 5.80. The molecule has 4 rings (SSSR count). The molecule has 2 aliphatic rings. The van der Waals surface area contributed by atoms with Gasteiger partial charge in [0.05, 0.1) is 0 Å². The van der Waals surface area contributed by atoms with Crippen molar-refractivity contribution in [3.05, 3.63) is 36.0 Å². The zero-order valence-corrected chi connectivity index (χ0v) is 13.3. The van der Waals surface area contributed by atoms with Gasteiger partial charge in [0.2, 0.25) is 0 Å². The summed E-state index contributed by atoms with van der Waals surface area (Å²) in [5, 5.41) is 1.37. The Morgan fingerprint density at radius 3 is 2.76 bits per heavy atom. The molecule has 1 N–H and O–H groups in total. The lowest BCUT2D eigenvalue weighted by Gasteiger charge is -2.38. The van der Waals surface area contributed by atoms with Gasteiger partial charge >= 0.3 is 0 Å². The number of fused-ring (bicyclic) bond motifs is 3. The van der Waals surface area contributed by atoms with Gasteiger partial charge in [-0.25, -0.2) is 0 Å². The summed E-state index contributed by atoms with van der Waals surface area (Å²) >= 11 is 0. The predicted octanol–water partition coefficient (Wildman–Crippen LogP) is 4.25. The van der Waals surface area contributed by atoms with Gasteiger partial charge in [0.25, 0.3) is 0 Å². The molecule has 2 bridgehead atoms. The standard InChI is InChI=1S/C19H26N2/c1-12(21(2)3)18-14-4-5-15(11-14)19(18)16-6-7-17-13(10-16)8-9-20-17/h6-10,12,14-15,18-20H,4-5,11H2,1-3H3. The number of rotatable bonds is 3. The van der Waals surface area contributed by atoms with E-state index in [0.29, 0.717) is 6.04 Å². The first-order valence-electron chi connectivity index (χ1n) is 8.38. The Labute approximate surface area is 127 Å². The fourth-order valence-electron chi connectivity index (χ4n) is 5.15. The number of nitrogens with one attached hydrogen (secondary N) is 1. The fraction of sp³-hybridized carbons (Fsp3) is 0.579. The van der Waals surface area contributed by atoms with Crippen molar-refractivity contribution in [2.24, 2.45) is 17.8 Å². The second-order valence-electron chi connectivity index (χ2n) is 7.46. The molecule has 21 heavy (non-hydrogen) atoms. The Kier molecular flexibility index (Phi) is 3.11. The molecule has 1 heterocycles. The zero-order valence-electron chi connectivity index (χ0n) is 13.3. The van der Waals surface area contributed by atoms with Crippen molar-refractivity contribution in [2.45, 2.75) is 38.1 Å². The highest BCUT2D eigenvalue weighted by Gasteiger charge is 2.50. The van der Waals surface area contributed by atoms with Crippen LogP contribution in [0.15, 0.2) is 30.5 Å². The fourth-order valence-corrected chi connectivity index (χ4v) is 5.15. The van der Waals surface area contributed by atoms with Crippen LogP contribution in [0.5, 0.6) is 0 Å². The van der Waals surface area contributed by atoms with Crippen molar-refractivity contribution in [1.29, 1.82) is 0 Å². The summed E-state index contributed by atoms with van der Waals surface area (Å²) in [5.41, 5.74) is 2.84. The largest absolute Gasteiger partial charge is 0.361 e. The average molecular weight is 282 g/mol. The third-order valence-electron chi connectivity index (χ3n) is 6.31. The second kappa shape index (κ2) is 4.88. The van der Waals surface area contributed by atoms with Crippen LogP contribution < -0.4 is 0 Å². The van der Waals surface area contributed by atoms with Crippen LogP contribution in [0.1, 0.15) is 37.7 Å². The summed E-state index contributed by atoms with van der Waals surface area (Å²) in [6.45, 7) is 2.42. The van der Waals surface area contributed by atoms with E-state index < -0.39 is 0 Å². The van der Waals surface area contributed by atoms with Gasteiger partial charge in [-0.05, 0) is 93.1 Å². The number of aromatic nitrogens is 1. The lowest BCUT2D eigenvalue weighted by Crippen LogP contribution is -2.39. The van der Waals surface area contributed by atoms with E-state index >= 15 is 0 Å². The smallest absolute Gasteiger partial charge is 0.0454 e.